The van der Waals surface area contributed by atoms with Crippen LogP contribution in [0.25, 0.3) is 10.6 Å². The van der Waals surface area contributed by atoms with E-state index < -0.39 is 0 Å². The van der Waals surface area contributed by atoms with Gasteiger partial charge in [0.25, 0.3) is 0 Å². The second kappa shape index (κ2) is 29.7. The topological polar surface area (TPSA) is 65.4 Å². The zero-order valence-corrected chi connectivity index (χ0v) is 52.3. The third kappa shape index (κ3) is 17.2. The zero-order chi connectivity index (χ0) is 55.3. The Bertz CT molecular complexity index is 2530. The van der Waals surface area contributed by atoms with E-state index in [4.69, 9.17) is 15.4 Å². The van der Waals surface area contributed by atoms with Crippen molar-refractivity contribution in [2.24, 2.45) is 0 Å². The second-order valence-corrected chi connectivity index (χ2v) is 23.7. The predicted molar refractivity (Wildman–Crippen MR) is 332 cm³/mol. The fourth-order valence-corrected chi connectivity index (χ4v) is 10.2. The minimum atomic E-state index is 0. The molecule has 6 aromatic rings. The van der Waals surface area contributed by atoms with Gasteiger partial charge in [-0.2, -0.15) is 0 Å². The van der Waals surface area contributed by atoms with Gasteiger partial charge < -0.3 is 14.7 Å². The third-order valence-corrected chi connectivity index (χ3v) is 14.2. The van der Waals surface area contributed by atoms with Crippen LogP contribution in [0.15, 0.2) is 109 Å². The van der Waals surface area contributed by atoms with Gasteiger partial charge in [0.05, 0.1) is 11.4 Å². The van der Waals surface area contributed by atoms with Gasteiger partial charge >= 0.3 is 23.1 Å². The van der Waals surface area contributed by atoms with Gasteiger partial charge in [0, 0.05) is 35.7 Å². The molecule has 0 atom stereocenters. The summed E-state index contributed by atoms with van der Waals surface area (Å²) < 4.78 is 4.94. The molecule has 1 aliphatic heterocycles. The summed E-state index contributed by atoms with van der Waals surface area (Å²) in [5.41, 5.74) is 22.3. The molecule has 1 saturated heterocycles. The summed E-state index contributed by atoms with van der Waals surface area (Å²) in [6.07, 6.45) is 2.56. The number of amidine groups is 2. The number of aryl methyl sites for hydroxylation is 4. The SMILES string of the molecule is C1CCOC1.Cc1cc(C)cc(C([N-]c2c(C(C)C)cccc2C(C)C)=[NH+]c2c(C(C)C)cccc2C(C)C)c1.Cc1cc(C)cc(C([N-]c2c(C(C)C)cccc2C(C)C)=[NH+]c2c(C(C)C)cccc2C(C)C)c1.[Mg+2]. The number of nitrogens with zero attached hydrogens (tertiary/aromatic N) is 2. The normalized spacial score (nSPS) is 12.9. The zero-order valence-electron chi connectivity index (χ0n) is 50.8. The molecule has 0 radical (unpaired) electrons. The number of para-hydroxylation sites is 4. The minimum Gasteiger partial charge on any atom is -0.381 e. The molecular weight excluding hydrogens is 937 g/mol. The third-order valence-electron chi connectivity index (χ3n) is 14.2. The van der Waals surface area contributed by atoms with Gasteiger partial charge in [-0.15, -0.1) is 0 Å². The van der Waals surface area contributed by atoms with E-state index in [1.807, 2.05) is 0 Å². The summed E-state index contributed by atoms with van der Waals surface area (Å²) >= 11 is 0. The summed E-state index contributed by atoms with van der Waals surface area (Å²) in [5, 5.41) is 10.9. The summed E-state index contributed by atoms with van der Waals surface area (Å²) in [6.45, 7) is 46.9. The molecule has 0 aliphatic carbocycles. The molecule has 5 nitrogen and oxygen atoms in total. The molecule has 6 heteroatoms. The molecule has 1 fully saturated rings. The van der Waals surface area contributed by atoms with Crippen LogP contribution >= 0.6 is 0 Å². The largest absolute Gasteiger partial charge is 2.00 e. The van der Waals surface area contributed by atoms with Crippen LogP contribution < -0.4 is 9.98 Å². The first kappa shape index (κ1) is 63.5. The Morgan fingerprint density at radius 3 is 0.776 bits per heavy atom. The number of benzene rings is 6. The van der Waals surface area contributed by atoms with Gasteiger partial charge in [-0.1, -0.05) is 218 Å². The van der Waals surface area contributed by atoms with Gasteiger partial charge in [0.2, 0.25) is 0 Å². The quantitative estimate of drug-likeness (QED) is 0.0637. The summed E-state index contributed by atoms with van der Waals surface area (Å²) in [7, 11) is 0. The molecule has 1 aliphatic rings. The van der Waals surface area contributed by atoms with Crippen LogP contribution in [0.3, 0.4) is 0 Å². The monoisotopic (exact) mass is 1030 g/mol. The average molecular weight is 1030 g/mol. The smallest absolute Gasteiger partial charge is 0.381 e. The van der Waals surface area contributed by atoms with E-state index in [2.05, 4.69) is 258 Å². The average Bonchev–Trinajstić information content (AvgIpc) is 3.94. The van der Waals surface area contributed by atoms with Crippen molar-refractivity contribution in [3.05, 3.63) is 198 Å². The van der Waals surface area contributed by atoms with Gasteiger partial charge in [-0.05, 0) is 157 Å². The van der Waals surface area contributed by atoms with Gasteiger partial charge in [0.1, 0.15) is 11.7 Å². The number of hydrogen-bond donors (Lipinski definition) is 2. The molecule has 0 aromatic heterocycles. The first-order chi connectivity index (χ1) is 35.5. The van der Waals surface area contributed by atoms with E-state index in [0.29, 0.717) is 47.3 Å². The minimum absolute atomic E-state index is 0. The maximum atomic E-state index is 5.46. The molecule has 0 saturated carbocycles. The van der Waals surface area contributed by atoms with E-state index in [9.17, 15) is 0 Å². The summed E-state index contributed by atoms with van der Waals surface area (Å²) in [4.78, 5) is 7.76. The van der Waals surface area contributed by atoms with Gasteiger partial charge in [0.15, 0.2) is 0 Å². The Hall–Kier alpha value is -5.01. The van der Waals surface area contributed by atoms with Crippen molar-refractivity contribution in [1.82, 2.24) is 0 Å². The van der Waals surface area contributed by atoms with Gasteiger partial charge in [-0.25, -0.2) is 10.6 Å². The first-order valence-corrected chi connectivity index (χ1v) is 28.5. The molecule has 7 rings (SSSR count). The molecule has 6 aromatic carbocycles. The van der Waals surface area contributed by atoms with Crippen molar-refractivity contribution in [1.29, 1.82) is 0 Å². The molecule has 402 valence electrons. The van der Waals surface area contributed by atoms with Crippen molar-refractivity contribution in [3.8, 4) is 0 Å². The Morgan fingerprint density at radius 2 is 0.579 bits per heavy atom. The van der Waals surface area contributed by atoms with Crippen molar-refractivity contribution in [2.45, 2.75) is 199 Å². The number of hydrogen-bond acceptors (Lipinski definition) is 1. The maximum absolute atomic E-state index is 5.46. The standard InChI is InChI=1S/2C33H43N2.C4H8O.Mg/c2*1-20(2)27-13-11-14-28(21(3)4)31(27)34-33(26-18-24(9)17-25(10)19-26)35-32-29(22(5)6)15-12-16-30(32)23(7)8;1-2-4-5-3-1;/h2*11-23H,1-10H3;1-4H2;/q2*-1;;+2/p+2. The van der Waals surface area contributed by atoms with Gasteiger partial charge in [-0.3, -0.25) is 0 Å². The van der Waals surface area contributed by atoms with E-state index in [-0.39, 0.29) is 23.1 Å². The van der Waals surface area contributed by atoms with Crippen LogP contribution in [0.1, 0.15) is 249 Å². The van der Waals surface area contributed by atoms with E-state index in [1.165, 1.54) is 91.0 Å². The molecule has 0 spiro atoms. The Labute approximate surface area is 478 Å². The molecule has 0 bridgehead atoms. The fourth-order valence-electron chi connectivity index (χ4n) is 10.2. The summed E-state index contributed by atoms with van der Waals surface area (Å²) in [5.74, 6) is 5.03. The first-order valence-electron chi connectivity index (χ1n) is 28.5. The number of ether oxygens (including phenoxy) is 1. The molecule has 2 N–H and O–H groups in total. The molecular formula is C70H96MgN4O+2. The van der Waals surface area contributed by atoms with Crippen LogP contribution in [0.5, 0.6) is 0 Å². The van der Waals surface area contributed by atoms with E-state index >= 15 is 0 Å². The van der Waals surface area contributed by atoms with E-state index in [1.54, 1.807) is 0 Å². The van der Waals surface area contributed by atoms with Crippen LogP contribution in [0.4, 0.5) is 22.7 Å². The number of nitrogens with one attached hydrogen (secondary N) is 2. The Balaban J connectivity index is 0.000000296. The number of rotatable bonds is 14. The maximum Gasteiger partial charge on any atom is 2.00 e. The molecule has 76 heavy (non-hydrogen) atoms. The van der Waals surface area contributed by atoms with Crippen LogP contribution in [0.2, 0.25) is 0 Å². The second-order valence-electron chi connectivity index (χ2n) is 23.7. The Morgan fingerprint density at radius 1 is 0.355 bits per heavy atom. The van der Waals surface area contributed by atoms with Crippen molar-refractivity contribution in [2.75, 3.05) is 13.2 Å². The van der Waals surface area contributed by atoms with Crippen LogP contribution in [0, 0.1) is 27.7 Å². The molecule has 0 unspecified atom stereocenters. The van der Waals surface area contributed by atoms with Crippen molar-refractivity contribution >= 4 is 57.5 Å². The van der Waals surface area contributed by atoms with Crippen molar-refractivity contribution < 1.29 is 14.7 Å². The fraction of sp³-hybridized carbons (Fsp3) is 0.457. The predicted octanol–water partition coefficient (Wildman–Crippen LogP) is 17.7. The van der Waals surface area contributed by atoms with Crippen molar-refractivity contribution in [3.63, 3.8) is 0 Å². The summed E-state index contributed by atoms with van der Waals surface area (Å²) in [6, 6.07) is 40.1. The molecule has 1 heterocycles. The van der Waals surface area contributed by atoms with E-state index in [0.717, 1.165) is 47.4 Å². The Kier molecular flexibility index (Phi) is 24.8. The molecule has 0 amide bonds. The van der Waals surface area contributed by atoms with Crippen LogP contribution in [-0.2, 0) is 4.74 Å². The van der Waals surface area contributed by atoms with Crippen LogP contribution in [-0.4, -0.2) is 47.9 Å².